The molecule has 5 rings (SSSR count). The Kier molecular flexibility index (Phi) is 4.11. The van der Waals surface area contributed by atoms with E-state index in [1.165, 1.54) is 30.8 Å². The summed E-state index contributed by atoms with van der Waals surface area (Å²) in [6.07, 6.45) is -4.60. The number of aromatic nitrogens is 2. The number of ketones is 1. The van der Waals surface area contributed by atoms with Crippen LogP contribution in [0.25, 0.3) is 5.70 Å². The van der Waals surface area contributed by atoms with Crippen molar-refractivity contribution >= 4 is 17.3 Å². The number of Topliss-reactive ketones (excluding diaryl/α,β-unsaturated/α-hetero) is 1. The first-order valence-electron chi connectivity index (χ1n) is 9.73. The van der Waals surface area contributed by atoms with Gasteiger partial charge in [-0.3, -0.25) is 18.7 Å². The predicted molar refractivity (Wildman–Crippen MR) is 112 cm³/mol. The molecule has 0 saturated carbocycles. The molecule has 0 amide bonds. The molecule has 2 heterocycles. The molecule has 0 saturated heterocycles. The molecule has 1 N–H and O–H groups in total. The molecule has 0 bridgehead atoms. The summed E-state index contributed by atoms with van der Waals surface area (Å²) in [6.45, 7) is 0. The van der Waals surface area contributed by atoms with Crippen LogP contribution in [0.1, 0.15) is 38.5 Å². The highest BCUT2D eigenvalue weighted by Crippen LogP contribution is 2.48. The summed E-state index contributed by atoms with van der Waals surface area (Å²) in [7, 11) is 2.76. The molecule has 32 heavy (non-hydrogen) atoms. The summed E-state index contributed by atoms with van der Waals surface area (Å²) in [5.74, 6) is -1.29. The number of nitrogens with zero attached hydrogens (tertiary/aromatic N) is 2. The number of carbonyl (C=O) groups is 1. The number of anilines is 1. The van der Waals surface area contributed by atoms with E-state index in [1.54, 1.807) is 24.3 Å². The van der Waals surface area contributed by atoms with Crippen molar-refractivity contribution < 1.29 is 18.0 Å². The van der Waals surface area contributed by atoms with E-state index in [0.717, 1.165) is 16.7 Å². The molecule has 2 aliphatic rings. The second-order valence-corrected chi connectivity index (χ2v) is 7.81. The number of carbonyl (C=O) groups excluding carboxylic acids is 1. The van der Waals surface area contributed by atoms with Crippen molar-refractivity contribution in [2.45, 2.75) is 12.1 Å². The summed E-state index contributed by atoms with van der Waals surface area (Å²) in [4.78, 5) is 39.1. The SMILES string of the molecule is Cn1c2c(c(=O)n(C)c1=O)[C@@H](c1cccc(C(F)(F)F)c1)C1=C(N2)c2ccccc2C1=O. The minimum atomic E-state index is -4.60. The van der Waals surface area contributed by atoms with Gasteiger partial charge < -0.3 is 5.32 Å². The normalized spacial score (nSPS) is 17.0. The average Bonchev–Trinajstić information content (AvgIpc) is 3.06. The predicted octanol–water partition coefficient (Wildman–Crippen LogP) is 3.27. The standard InChI is InChI=1S/C23H16F3N3O3/c1-28-20-17(21(31)29(2)22(28)32)15(11-6-5-7-12(10-11)23(24,25)26)16-18(27-20)13-8-3-4-9-14(13)19(16)30/h3-10,15,27H,1-2H3/t15-/m0/s1. The number of rotatable bonds is 1. The molecule has 1 aliphatic carbocycles. The van der Waals surface area contributed by atoms with Crippen molar-refractivity contribution in [1.82, 2.24) is 9.13 Å². The van der Waals surface area contributed by atoms with Gasteiger partial charge in [-0.2, -0.15) is 13.2 Å². The first kappa shape index (κ1) is 20.0. The monoisotopic (exact) mass is 439 g/mol. The third-order valence-corrected chi connectivity index (χ3v) is 6.02. The van der Waals surface area contributed by atoms with E-state index in [2.05, 4.69) is 5.32 Å². The van der Waals surface area contributed by atoms with Gasteiger partial charge in [0.2, 0.25) is 0 Å². The van der Waals surface area contributed by atoms with Crippen LogP contribution in [0, 0.1) is 0 Å². The van der Waals surface area contributed by atoms with Crippen molar-refractivity contribution in [3.8, 4) is 0 Å². The van der Waals surface area contributed by atoms with Crippen molar-refractivity contribution in [3.63, 3.8) is 0 Å². The fraction of sp³-hybridized carbons (Fsp3) is 0.174. The minimum absolute atomic E-state index is 0.0498. The van der Waals surface area contributed by atoms with Gasteiger partial charge in [0.05, 0.1) is 16.8 Å². The number of hydrogen-bond donors (Lipinski definition) is 1. The third-order valence-electron chi connectivity index (χ3n) is 6.02. The summed E-state index contributed by atoms with van der Waals surface area (Å²) >= 11 is 0. The lowest BCUT2D eigenvalue weighted by Crippen LogP contribution is -2.42. The number of nitrogens with one attached hydrogen (secondary N) is 1. The highest BCUT2D eigenvalue weighted by atomic mass is 19.4. The van der Waals surface area contributed by atoms with Crippen LogP contribution in [0.2, 0.25) is 0 Å². The van der Waals surface area contributed by atoms with E-state index in [9.17, 15) is 27.6 Å². The highest BCUT2D eigenvalue weighted by Gasteiger charge is 2.43. The number of hydrogen-bond acceptors (Lipinski definition) is 4. The summed E-state index contributed by atoms with van der Waals surface area (Å²) in [6, 6.07) is 11.4. The van der Waals surface area contributed by atoms with Gasteiger partial charge in [-0.15, -0.1) is 0 Å². The Morgan fingerprint density at radius 3 is 2.28 bits per heavy atom. The van der Waals surface area contributed by atoms with Crippen molar-refractivity contribution in [2.24, 2.45) is 14.1 Å². The third kappa shape index (κ3) is 2.63. The molecule has 0 fully saturated rings. The molecule has 0 unspecified atom stereocenters. The van der Waals surface area contributed by atoms with Crippen LogP contribution in [0.4, 0.5) is 19.0 Å². The lowest BCUT2D eigenvalue weighted by Gasteiger charge is -2.30. The van der Waals surface area contributed by atoms with Gasteiger partial charge in [-0.05, 0) is 11.6 Å². The van der Waals surface area contributed by atoms with Crippen molar-refractivity contribution in [2.75, 3.05) is 5.32 Å². The van der Waals surface area contributed by atoms with Crippen LogP contribution in [0.3, 0.4) is 0 Å². The number of halogens is 3. The fourth-order valence-corrected chi connectivity index (χ4v) is 4.49. The fourth-order valence-electron chi connectivity index (χ4n) is 4.49. The van der Waals surface area contributed by atoms with Gasteiger partial charge in [-0.1, -0.05) is 42.5 Å². The number of fused-ring (bicyclic) bond motifs is 3. The molecular formula is C23H16F3N3O3. The molecule has 0 spiro atoms. The molecule has 1 aromatic heterocycles. The van der Waals surface area contributed by atoms with E-state index in [4.69, 9.17) is 0 Å². The zero-order valence-electron chi connectivity index (χ0n) is 16.9. The largest absolute Gasteiger partial charge is 0.416 e. The smallest absolute Gasteiger partial charge is 0.340 e. The number of allylic oxidation sites excluding steroid dienone is 1. The van der Waals surface area contributed by atoms with Gasteiger partial charge in [-0.25, -0.2) is 4.79 Å². The van der Waals surface area contributed by atoms with Crippen LogP contribution < -0.4 is 16.6 Å². The van der Waals surface area contributed by atoms with Crippen molar-refractivity contribution in [3.05, 3.63) is 103 Å². The lowest BCUT2D eigenvalue weighted by atomic mass is 9.81. The van der Waals surface area contributed by atoms with Crippen LogP contribution >= 0.6 is 0 Å². The Hall–Kier alpha value is -3.88. The Balaban J connectivity index is 1.87. The first-order valence-corrected chi connectivity index (χ1v) is 9.73. The maximum absolute atomic E-state index is 13.4. The van der Waals surface area contributed by atoms with Gasteiger partial charge >= 0.3 is 11.9 Å². The number of alkyl halides is 3. The van der Waals surface area contributed by atoms with Gasteiger partial charge in [0.1, 0.15) is 5.82 Å². The quantitative estimate of drug-likeness (QED) is 0.632. The van der Waals surface area contributed by atoms with Gasteiger partial charge in [0.15, 0.2) is 5.78 Å². The highest BCUT2D eigenvalue weighted by molar-refractivity contribution is 6.23. The van der Waals surface area contributed by atoms with Crippen molar-refractivity contribution in [1.29, 1.82) is 0 Å². The van der Waals surface area contributed by atoms with E-state index >= 15 is 0 Å². The summed E-state index contributed by atoms with van der Waals surface area (Å²) < 4.78 is 42.5. The molecule has 0 radical (unpaired) electrons. The second kappa shape index (κ2) is 6.56. The first-order chi connectivity index (χ1) is 15.1. The second-order valence-electron chi connectivity index (χ2n) is 7.81. The Labute approximate surface area is 179 Å². The zero-order valence-corrected chi connectivity index (χ0v) is 16.9. The molecular weight excluding hydrogens is 423 g/mol. The maximum atomic E-state index is 13.4. The van der Waals surface area contributed by atoms with Gasteiger partial charge in [0.25, 0.3) is 5.56 Å². The summed E-state index contributed by atoms with van der Waals surface area (Å²) in [5.41, 5.74) is -0.418. The van der Waals surface area contributed by atoms with E-state index in [1.807, 2.05) is 0 Å². The Bertz CT molecular complexity index is 1480. The van der Waals surface area contributed by atoms with Gasteiger partial charge in [0, 0.05) is 36.7 Å². The number of benzene rings is 2. The molecule has 9 heteroatoms. The molecule has 2 aromatic carbocycles. The Morgan fingerprint density at radius 2 is 1.59 bits per heavy atom. The van der Waals surface area contributed by atoms with Crippen LogP contribution in [0.5, 0.6) is 0 Å². The Morgan fingerprint density at radius 1 is 0.906 bits per heavy atom. The lowest BCUT2D eigenvalue weighted by molar-refractivity contribution is -0.137. The van der Waals surface area contributed by atoms with Crippen LogP contribution in [-0.4, -0.2) is 14.9 Å². The average molecular weight is 439 g/mol. The van der Waals surface area contributed by atoms with E-state index in [-0.39, 0.29) is 28.3 Å². The summed E-state index contributed by atoms with van der Waals surface area (Å²) in [5, 5.41) is 3.05. The molecule has 3 aromatic rings. The topological polar surface area (TPSA) is 73.1 Å². The molecule has 162 valence electrons. The molecule has 1 aliphatic heterocycles. The molecule has 1 atom stereocenters. The maximum Gasteiger partial charge on any atom is 0.416 e. The van der Waals surface area contributed by atoms with E-state index in [0.29, 0.717) is 16.8 Å². The minimum Gasteiger partial charge on any atom is -0.340 e. The van der Waals surface area contributed by atoms with Crippen LogP contribution in [-0.2, 0) is 20.3 Å². The molecule has 6 nitrogen and oxygen atoms in total. The zero-order chi connectivity index (χ0) is 22.9. The van der Waals surface area contributed by atoms with E-state index < -0.39 is 28.9 Å². The van der Waals surface area contributed by atoms with Crippen LogP contribution in [0.15, 0.2) is 63.7 Å².